The second-order valence-corrected chi connectivity index (χ2v) is 1.57. The molecule has 0 aliphatic rings. The number of nitrogens with one attached hydrogen (secondary N) is 2. The Hall–Kier alpha value is -0.350. The van der Waals surface area contributed by atoms with E-state index in [1.165, 1.54) is 0 Å². The minimum absolute atomic E-state index is 0. The molecule has 0 saturated carbocycles. The number of hydrogen-bond donors (Lipinski definition) is 2. The van der Waals surface area contributed by atoms with Gasteiger partial charge >= 0.3 is 0 Å². The van der Waals surface area contributed by atoms with Crippen molar-refractivity contribution in [2.45, 2.75) is 0 Å². The average Bonchev–Trinajstić information content (AvgIpc) is 1.85. The van der Waals surface area contributed by atoms with E-state index < -0.39 is 6.67 Å². The molecule has 0 aliphatic carbocycles. The first-order valence-corrected chi connectivity index (χ1v) is 2.78. The molecular weight excluding hydrogens is 159 g/mol. The van der Waals surface area contributed by atoms with Gasteiger partial charge in [-0.2, -0.15) is 0 Å². The summed E-state index contributed by atoms with van der Waals surface area (Å²) in [6.07, 6.45) is 0. The summed E-state index contributed by atoms with van der Waals surface area (Å²) in [6.45, 7) is -0.143. The van der Waals surface area contributed by atoms with Crippen LogP contribution in [0.2, 0.25) is 0 Å². The van der Waals surface area contributed by atoms with E-state index in [1.807, 2.05) is 0 Å². The zero-order valence-corrected chi connectivity index (χ0v) is 6.63. The fraction of sp³-hybridized carbons (Fsp3) is 0.800. The number of hydrogen-bond acceptors (Lipinski definition) is 2. The third-order valence-electron chi connectivity index (χ3n) is 0.754. The van der Waals surface area contributed by atoms with Crippen LogP contribution >= 0.6 is 12.4 Å². The number of rotatable bonds is 4. The molecule has 0 bridgehead atoms. The van der Waals surface area contributed by atoms with Gasteiger partial charge in [0.1, 0.15) is 6.67 Å². The Kier molecular flexibility index (Phi) is 10.7. The summed E-state index contributed by atoms with van der Waals surface area (Å²) in [6, 6.07) is 0. The Morgan fingerprint density at radius 3 is 2.60 bits per heavy atom. The minimum Gasteiger partial charge on any atom is -0.352 e. The highest BCUT2D eigenvalue weighted by molar-refractivity contribution is 5.85. The van der Waals surface area contributed by atoms with Gasteiger partial charge in [-0.1, -0.05) is 0 Å². The van der Waals surface area contributed by atoms with Crippen molar-refractivity contribution in [3.63, 3.8) is 0 Å². The van der Waals surface area contributed by atoms with Gasteiger partial charge in [0.25, 0.3) is 0 Å². The summed E-state index contributed by atoms with van der Waals surface area (Å²) in [7, 11) is 1.66. The van der Waals surface area contributed by atoms with Gasteiger partial charge in [-0.05, 0) is 7.05 Å². The van der Waals surface area contributed by atoms with E-state index in [2.05, 4.69) is 10.6 Å². The lowest BCUT2D eigenvalue weighted by molar-refractivity contribution is -0.120. The molecule has 0 atom stereocenters. The lowest BCUT2D eigenvalue weighted by atomic mass is 10.5. The first-order valence-electron chi connectivity index (χ1n) is 2.78. The number of amides is 1. The molecule has 5 heteroatoms. The van der Waals surface area contributed by atoms with Crippen LogP contribution in [0.5, 0.6) is 0 Å². The van der Waals surface area contributed by atoms with E-state index in [0.29, 0.717) is 0 Å². The van der Waals surface area contributed by atoms with Crippen LogP contribution in [0, 0.1) is 0 Å². The predicted octanol–water partition coefficient (Wildman–Crippen LogP) is -0.287. The number of alkyl halides is 1. The van der Waals surface area contributed by atoms with Crippen LogP contribution in [-0.2, 0) is 4.79 Å². The normalized spacial score (nSPS) is 8.20. The Bertz CT molecular complexity index is 91.7. The van der Waals surface area contributed by atoms with Gasteiger partial charge in [-0.15, -0.1) is 12.4 Å². The maximum Gasteiger partial charge on any atom is 0.234 e. The molecule has 2 N–H and O–H groups in total. The number of carbonyl (C=O) groups is 1. The van der Waals surface area contributed by atoms with E-state index in [4.69, 9.17) is 0 Å². The maximum absolute atomic E-state index is 11.4. The van der Waals surface area contributed by atoms with Gasteiger partial charge < -0.3 is 10.6 Å². The number of likely N-dealkylation sites (N-methyl/N-ethyl adjacent to an activating group) is 1. The Morgan fingerprint density at radius 1 is 1.60 bits per heavy atom. The summed E-state index contributed by atoms with van der Waals surface area (Å²) in [5.74, 6) is -0.171. The van der Waals surface area contributed by atoms with Crippen LogP contribution in [0.1, 0.15) is 0 Å². The van der Waals surface area contributed by atoms with Crippen molar-refractivity contribution in [2.24, 2.45) is 0 Å². The molecule has 0 spiro atoms. The molecule has 0 heterocycles. The van der Waals surface area contributed by atoms with E-state index in [1.54, 1.807) is 7.05 Å². The lowest BCUT2D eigenvalue weighted by Crippen LogP contribution is -2.33. The molecule has 0 aromatic carbocycles. The van der Waals surface area contributed by atoms with Crippen molar-refractivity contribution in [1.29, 1.82) is 0 Å². The molecule has 0 aliphatic heterocycles. The monoisotopic (exact) mass is 170 g/mol. The van der Waals surface area contributed by atoms with Crippen molar-refractivity contribution >= 4 is 18.3 Å². The first-order chi connectivity index (χ1) is 4.31. The van der Waals surface area contributed by atoms with E-state index in [-0.39, 0.29) is 31.4 Å². The molecule has 1 amide bonds. The topological polar surface area (TPSA) is 41.1 Å². The summed E-state index contributed by atoms with van der Waals surface area (Å²) in [4.78, 5) is 10.5. The fourth-order valence-electron chi connectivity index (χ4n) is 0.410. The molecule has 0 aromatic rings. The third kappa shape index (κ3) is 7.65. The van der Waals surface area contributed by atoms with Crippen molar-refractivity contribution in [2.75, 3.05) is 26.8 Å². The Morgan fingerprint density at radius 2 is 2.20 bits per heavy atom. The van der Waals surface area contributed by atoms with Crippen molar-refractivity contribution in [1.82, 2.24) is 10.6 Å². The molecule has 62 valence electrons. The zero-order chi connectivity index (χ0) is 7.11. The van der Waals surface area contributed by atoms with Gasteiger partial charge in [0.05, 0.1) is 6.54 Å². The van der Waals surface area contributed by atoms with Gasteiger partial charge in [0.15, 0.2) is 0 Å². The molecule has 3 nitrogen and oxygen atoms in total. The third-order valence-corrected chi connectivity index (χ3v) is 0.754. The molecule has 0 radical (unpaired) electrons. The second kappa shape index (κ2) is 8.65. The van der Waals surface area contributed by atoms with E-state index in [9.17, 15) is 9.18 Å². The number of halogens is 2. The van der Waals surface area contributed by atoms with Crippen molar-refractivity contribution in [3.05, 3.63) is 0 Å². The van der Waals surface area contributed by atoms with Crippen LogP contribution < -0.4 is 10.6 Å². The lowest BCUT2D eigenvalue weighted by Gasteiger charge is -1.99. The standard InChI is InChI=1S/C5H11FN2O.ClH/c1-7-4-5(9)8-3-2-6;/h7H,2-4H2,1H3,(H,8,9);1H. The predicted molar refractivity (Wildman–Crippen MR) is 40.2 cm³/mol. The molecule has 0 saturated heterocycles. The zero-order valence-electron chi connectivity index (χ0n) is 5.82. The van der Waals surface area contributed by atoms with Crippen LogP contribution in [0.4, 0.5) is 4.39 Å². The Balaban J connectivity index is 0. The first kappa shape index (κ1) is 12.3. The van der Waals surface area contributed by atoms with Crippen LogP contribution in [0.15, 0.2) is 0 Å². The van der Waals surface area contributed by atoms with Crippen molar-refractivity contribution in [3.8, 4) is 0 Å². The van der Waals surface area contributed by atoms with Gasteiger partial charge in [-0.25, -0.2) is 4.39 Å². The second-order valence-electron chi connectivity index (χ2n) is 1.57. The van der Waals surface area contributed by atoms with Crippen LogP contribution in [0.25, 0.3) is 0 Å². The van der Waals surface area contributed by atoms with Crippen molar-refractivity contribution < 1.29 is 9.18 Å². The molecule has 0 unspecified atom stereocenters. The highest BCUT2D eigenvalue weighted by atomic mass is 35.5. The highest BCUT2D eigenvalue weighted by Gasteiger charge is 1.94. The smallest absolute Gasteiger partial charge is 0.234 e. The fourth-order valence-corrected chi connectivity index (χ4v) is 0.410. The summed E-state index contributed by atoms with van der Waals surface area (Å²) >= 11 is 0. The summed E-state index contributed by atoms with van der Waals surface area (Å²) < 4.78 is 11.4. The average molecular weight is 171 g/mol. The Labute approximate surface area is 65.8 Å². The molecular formula is C5H12ClFN2O. The van der Waals surface area contributed by atoms with Crippen LogP contribution in [-0.4, -0.2) is 32.7 Å². The quantitative estimate of drug-likeness (QED) is 0.609. The molecule has 0 rings (SSSR count). The maximum atomic E-state index is 11.4. The molecule has 0 fully saturated rings. The van der Waals surface area contributed by atoms with Gasteiger partial charge in [-0.3, -0.25) is 4.79 Å². The minimum atomic E-state index is -0.505. The summed E-state index contributed by atoms with van der Waals surface area (Å²) in [5.41, 5.74) is 0. The summed E-state index contributed by atoms with van der Waals surface area (Å²) in [5, 5.41) is 5.00. The SMILES string of the molecule is CNCC(=O)NCCF.Cl. The molecule has 0 aromatic heterocycles. The largest absolute Gasteiger partial charge is 0.352 e. The van der Waals surface area contributed by atoms with Crippen LogP contribution in [0.3, 0.4) is 0 Å². The number of carbonyl (C=O) groups excluding carboxylic acids is 1. The molecule has 10 heavy (non-hydrogen) atoms. The van der Waals surface area contributed by atoms with E-state index in [0.717, 1.165) is 0 Å². The van der Waals surface area contributed by atoms with Gasteiger partial charge in [0.2, 0.25) is 5.91 Å². The highest BCUT2D eigenvalue weighted by Crippen LogP contribution is 1.64. The van der Waals surface area contributed by atoms with Gasteiger partial charge in [0, 0.05) is 6.54 Å². The van der Waals surface area contributed by atoms with E-state index >= 15 is 0 Å².